The second kappa shape index (κ2) is 5.42. The van der Waals surface area contributed by atoms with Gasteiger partial charge in [-0.25, -0.2) is 9.97 Å². The number of anilines is 1. The number of fused-ring (bicyclic) bond motifs is 1. The van der Waals surface area contributed by atoms with Gasteiger partial charge in [0, 0.05) is 22.7 Å². The summed E-state index contributed by atoms with van der Waals surface area (Å²) in [6.07, 6.45) is 1.73. The van der Waals surface area contributed by atoms with Gasteiger partial charge in [0.25, 0.3) is 5.91 Å². The molecule has 0 spiro atoms. The van der Waals surface area contributed by atoms with Gasteiger partial charge in [0.15, 0.2) is 0 Å². The number of hydrogen-bond donors (Lipinski definition) is 2. The van der Waals surface area contributed by atoms with Crippen LogP contribution in [0, 0.1) is 13.8 Å². The molecule has 3 N–H and O–H groups in total. The monoisotopic (exact) mass is 318 g/mol. The fraction of sp³-hybridized carbons (Fsp3) is 0.214. The van der Waals surface area contributed by atoms with Gasteiger partial charge in [-0.05, 0) is 25.5 Å². The van der Waals surface area contributed by atoms with Crippen molar-refractivity contribution in [3.63, 3.8) is 0 Å². The van der Waals surface area contributed by atoms with Crippen LogP contribution in [0.25, 0.3) is 10.2 Å². The molecule has 0 saturated carbocycles. The third kappa shape index (κ3) is 2.62. The summed E-state index contributed by atoms with van der Waals surface area (Å²) in [5.41, 5.74) is 8.61. The van der Waals surface area contributed by atoms with Gasteiger partial charge in [-0.1, -0.05) is 0 Å². The number of nitrogens with two attached hydrogens (primary N) is 1. The number of aromatic nitrogens is 2. The number of thiazole rings is 1. The Morgan fingerprint density at radius 3 is 2.90 bits per heavy atom. The SMILES string of the molecule is Cc1csc(CNC(=O)c2sc3nccc(C)c3c2N)n1. The zero-order chi connectivity index (χ0) is 15.0. The van der Waals surface area contributed by atoms with E-state index in [0.29, 0.717) is 17.1 Å². The number of amides is 1. The molecule has 5 nitrogen and oxygen atoms in total. The standard InChI is InChI=1S/C14H14N4OS2/c1-7-3-4-16-14-10(7)11(15)12(21-14)13(19)17-5-9-18-8(2)6-20-9/h3-4,6H,5,15H2,1-2H3,(H,17,19). The number of carbonyl (C=O) groups excluding carboxylic acids is 1. The molecular formula is C14H14N4OS2. The summed E-state index contributed by atoms with van der Waals surface area (Å²) < 4.78 is 0. The molecule has 0 aliphatic rings. The predicted molar refractivity (Wildman–Crippen MR) is 86.8 cm³/mol. The van der Waals surface area contributed by atoms with Crippen LogP contribution in [-0.4, -0.2) is 15.9 Å². The van der Waals surface area contributed by atoms with Gasteiger partial charge in [0.1, 0.15) is 14.7 Å². The fourth-order valence-corrected chi connectivity index (χ4v) is 3.86. The van der Waals surface area contributed by atoms with Crippen LogP contribution < -0.4 is 11.1 Å². The average Bonchev–Trinajstić information content (AvgIpc) is 3.01. The van der Waals surface area contributed by atoms with Gasteiger partial charge >= 0.3 is 0 Å². The third-order valence-corrected chi connectivity index (χ3v) is 5.19. The number of carbonyl (C=O) groups is 1. The number of nitrogens with one attached hydrogen (secondary N) is 1. The molecule has 0 aliphatic carbocycles. The Labute approximate surface area is 129 Å². The third-order valence-electron chi connectivity index (χ3n) is 3.11. The molecule has 0 radical (unpaired) electrons. The molecule has 0 aliphatic heterocycles. The summed E-state index contributed by atoms with van der Waals surface area (Å²) in [7, 11) is 0. The molecule has 0 bridgehead atoms. The number of nitrogen functional groups attached to an aromatic ring is 1. The minimum absolute atomic E-state index is 0.178. The van der Waals surface area contributed by atoms with Crippen molar-refractivity contribution in [2.75, 3.05) is 5.73 Å². The number of aryl methyl sites for hydroxylation is 2. The van der Waals surface area contributed by atoms with Crippen molar-refractivity contribution in [3.05, 3.63) is 38.8 Å². The first kappa shape index (κ1) is 14.0. The molecule has 0 fully saturated rings. The molecule has 0 aromatic carbocycles. The van der Waals surface area contributed by atoms with Gasteiger partial charge in [0.2, 0.25) is 0 Å². The molecule has 3 heterocycles. The van der Waals surface area contributed by atoms with Crippen molar-refractivity contribution in [2.24, 2.45) is 0 Å². The molecule has 0 unspecified atom stereocenters. The zero-order valence-corrected chi connectivity index (χ0v) is 13.3. The van der Waals surface area contributed by atoms with Crippen molar-refractivity contribution < 1.29 is 4.79 Å². The fourth-order valence-electron chi connectivity index (χ4n) is 2.09. The predicted octanol–water partition coefficient (Wildman–Crippen LogP) is 2.88. The lowest BCUT2D eigenvalue weighted by Crippen LogP contribution is -2.22. The molecule has 3 aromatic heterocycles. The highest BCUT2D eigenvalue weighted by atomic mass is 32.1. The Kier molecular flexibility index (Phi) is 3.60. The largest absolute Gasteiger partial charge is 0.397 e. The average molecular weight is 318 g/mol. The van der Waals surface area contributed by atoms with E-state index in [1.165, 1.54) is 22.7 Å². The minimum atomic E-state index is -0.178. The van der Waals surface area contributed by atoms with E-state index in [1.807, 2.05) is 25.3 Å². The van der Waals surface area contributed by atoms with Gasteiger partial charge in [-0.15, -0.1) is 22.7 Å². The highest BCUT2D eigenvalue weighted by Gasteiger charge is 2.18. The molecular weight excluding hydrogens is 304 g/mol. The number of thiophene rings is 1. The lowest BCUT2D eigenvalue weighted by atomic mass is 10.2. The first-order chi connectivity index (χ1) is 10.1. The van der Waals surface area contributed by atoms with Gasteiger partial charge in [0.05, 0.1) is 12.2 Å². The summed E-state index contributed by atoms with van der Waals surface area (Å²) in [6.45, 7) is 4.31. The molecule has 7 heteroatoms. The summed E-state index contributed by atoms with van der Waals surface area (Å²) in [4.78, 5) is 22.2. The Morgan fingerprint density at radius 1 is 1.43 bits per heavy atom. The summed E-state index contributed by atoms with van der Waals surface area (Å²) >= 11 is 2.85. The summed E-state index contributed by atoms with van der Waals surface area (Å²) in [6, 6.07) is 1.89. The van der Waals surface area contributed by atoms with Gasteiger partial charge in [-0.2, -0.15) is 0 Å². The van der Waals surface area contributed by atoms with Crippen molar-refractivity contribution in [3.8, 4) is 0 Å². The van der Waals surface area contributed by atoms with Crippen molar-refractivity contribution in [1.82, 2.24) is 15.3 Å². The van der Waals surface area contributed by atoms with E-state index in [0.717, 1.165) is 26.5 Å². The van der Waals surface area contributed by atoms with Crippen molar-refractivity contribution in [1.29, 1.82) is 0 Å². The smallest absolute Gasteiger partial charge is 0.263 e. The Balaban J connectivity index is 1.84. The lowest BCUT2D eigenvalue weighted by Gasteiger charge is -2.02. The normalized spacial score (nSPS) is 11.0. The van der Waals surface area contributed by atoms with E-state index >= 15 is 0 Å². The van der Waals surface area contributed by atoms with Crippen LogP contribution >= 0.6 is 22.7 Å². The van der Waals surface area contributed by atoms with E-state index in [9.17, 15) is 4.79 Å². The van der Waals surface area contributed by atoms with Crippen LogP contribution in [-0.2, 0) is 6.54 Å². The highest BCUT2D eigenvalue weighted by molar-refractivity contribution is 7.21. The first-order valence-electron chi connectivity index (χ1n) is 6.39. The summed E-state index contributed by atoms with van der Waals surface area (Å²) in [5.74, 6) is -0.178. The number of rotatable bonds is 3. The second-order valence-electron chi connectivity index (χ2n) is 4.72. The Bertz CT molecular complexity index is 822. The molecule has 0 atom stereocenters. The molecule has 108 valence electrons. The maximum atomic E-state index is 12.3. The molecule has 0 saturated heterocycles. The van der Waals surface area contributed by atoms with Crippen LogP contribution in [0.15, 0.2) is 17.6 Å². The first-order valence-corrected chi connectivity index (χ1v) is 8.08. The van der Waals surface area contributed by atoms with E-state index in [4.69, 9.17) is 5.73 Å². The number of pyridine rings is 1. The van der Waals surface area contributed by atoms with E-state index in [1.54, 1.807) is 6.20 Å². The van der Waals surface area contributed by atoms with Crippen LogP contribution in [0.3, 0.4) is 0 Å². The molecule has 3 aromatic rings. The summed E-state index contributed by atoms with van der Waals surface area (Å²) in [5, 5.41) is 6.58. The Hall–Kier alpha value is -1.99. The lowest BCUT2D eigenvalue weighted by molar-refractivity contribution is 0.0956. The number of hydrogen-bond acceptors (Lipinski definition) is 6. The van der Waals surface area contributed by atoms with Gasteiger partial charge in [-0.3, -0.25) is 4.79 Å². The van der Waals surface area contributed by atoms with Crippen LogP contribution in [0.5, 0.6) is 0 Å². The quantitative estimate of drug-likeness (QED) is 0.778. The van der Waals surface area contributed by atoms with Crippen LogP contribution in [0.1, 0.15) is 25.9 Å². The van der Waals surface area contributed by atoms with Crippen LogP contribution in [0.2, 0.25) is 0 Å². The van der Waals surface area contributed by atoms with E-state index in [-0.39, 0.29) is 5.91 Å². The molecule has 1 amide bonds. The molecule has 21 heavy (non-hydrogen) atoms. The van der Waals surface area contributed by atoms with Crippen molar-refractivity contribution >= 4 is 44.5 Å². The van der Waals surface area contributed by atoms with Crippen molar-refractivity contribution in [2.45, 2.75) is 20.4 Å². The van der Waals surface area contributed by atoms with E-state index < -0.39 is 0 Å². The topological polar surface area (TPSA) is 80.9 Å². The second-order valence-corrected chi connectivity index (χ2v) is 6.66. The molecule has 3 rings (SSSR count). The minimum Gasteiger partial charge on any atom is -0.397 e. The zero-order valence-electron chi connectivity index (χ0n) is 11.6. The number of nitrogens with zero attached hydrogens (tertiary/aromatic N) is 2. The maximum Gasteiger partial charge on any atom is 0.263 e. The van der Waals surface area contributed by atoms with Crippen LogP contribution in [0.4, 0.5) is 5.69 Å². The van der Waals surface area contributed by atoms with E-state index in [2.05, 4.69) is 15.3 Å². The van der Waals surface area contributed by atoms with Gasteiger partial charge < -0.3 is 11.1 Å². The maximum absolute atomic E-state index is 12.3. The Morgan fingerprint density at radius 2 is 2.24 bits per heavy atom. The highest BCUT2D eigenvalue weighted by Crippen LogP contribution is 2.34.